The van der Waals surface area contributed by atoms with Gasteiger partial charge in [-0.15, -0.1) is 0 Å². The van der Waals surface area contributed by atoms with Crippen LogP contribution in [0.2, 0.25) is 0 Å². The molecule has 0 atom stereocenters. The Bertz CT molecular complexity index is 768. The Hall–Kier alpha value is -3.15. The van der Waals surface area contributed by atoms with Gasteiger partial charge in [-0.2, -0.15) is 0 Å². The fraction of sp³-hybridized carbons (Fsp3) is 0.211. The molecule has 25 heavy (non-hydrogen) atoms. The molecule has 0 unspecified atom stereocenters. The van der Waals surface area contributed by atoms with Gasteiger partial charge in [0.1, 0.15) is 0 Å². The van der Waals surface area contributed by atoms with Crippen molar-refractivity contribution in [2.45, 2.75) is 13.5 Å². The number of esters is 2. The minimum Gasteiger partial charge on any atom is -0.463 e. The monoisotopic (exact) mass is 341 g/mol. The molecular formula is C19H19NO5. The average molecular weight is 341 g/mol. The molecule has 0 heterocycles. The summed E-state index contributed by atoms with van der Waals surface area (Å²) in [6.45, 7) is 2.58. The highest BCUT2D eigenvalue weighted by atomic mass is 16.5. The van der Waals surface area contributed by atoms with Crippen LogP contribution in [0.5, 0.6) is 0 Å². The number of benzene rings is 2. The second-order valence-corrected chi connectivity index (χ2v) is 5.17. The van der Waals surface area contributed by atoms with E-state index < -0.39 is 11.8 Å². The molecule has 0 amide bonds. The molecular weight excluding hydrogens is 322 g/mol. The van der Waals surface area contributed by atoms with Gasteiger partial charge < -0.3 is 14.8 Å². The number of rotatable bonds is 7. The van der Waals surface area contributed by atoms with E-state index in [0.29, 0.717) is 18.7 Å². The van der Waals surface area contributed by atoms with E-state index in [1.807, 2.05) is 6.07 Å². The van der Waals surface area contributed by atoms with Crippen LogP contribution in [-0.2, 0) is 20.8 Å². The minimum absolute atomic E-state index is 0.278. The van der Waals surface area contributed by atoms with Crippen molar-refractivity contribution in [1.82, 2.24) is 0 Å². The third-order valence-electron chi connectivity index (χ3n) is 3.46. The molecule has 2 rings (SSSR count). The van der Waals surface area contributed by atoms with E-state index in [2.05, 4.69) is 10.1 Å². The molecule has 0 spiro atoms. The average Bonchev–Trinajstić information content (AvgIpc) is 2.66. The third-order valence-corrected chi connectivity index (χ3v) is 3.46. The Morgan fingerprint density at radius 3 is 2.36 bits per heavy atom. The first-order valence-corrected chi connectivity index (χ1v) is 7.77. The topological polar surface area (TPSA) is 81.7 Å². The number of anilines is 1. The van der Waals surface area contributed by atoms with Gasteiger partial charge in [0.2, 0.25) is 0 Å². The van der Waals surface area contributed by atoms with Gasteiger partial charge in [-0.25, -0.2) is 9.59 Å². The molecule has 0 aliphatic heterocycles. The number of carbonyl (C=O) groups excluding carboxylic acids is 3. The summed E-state index contributed by atoms with van der Waals surface area (Å²) in [6.07, 6.45) is 0. The lowest BCUT2D eigenvalue weighted by molar-refractivity contribution is -0.135. The lowest BCUT2D eigenvalue weighted by Crippen LogP contribution is -2.15. The van der Waals surface area contributed by atoms with Crippen LogP contribution in [-0.4, -0.2) is 31.4 Å². The summed E-state index contributed by atoms with van der Waals surface area (Å²) < 4.78 is 9.38. The highest BCUT2D eigenvalue weighted by Gasteiger charge is 2.16. The van der Waals surface area contributed by atoms with Crippen LogP contribution >= 0.6 is 0 Å². The maximum Gasteiger partial charge on any atom is 0.379 e. The molecule has 6 nitrogen and oxygen atoms in total. The second-order valence-electron chi connectivity index (χ2n) is 5.17. The Balaban J connectivity index is 2.00. The highest BCUT2D eigenvalue weighted by molar-refractivity contribution is 6.40. The zero-order valence-electron chi connectivity index (χ0n) is 14.1. The van der Waals surface area contributed by atoms with Gasteiger partial charge in [-0.05, 0) is 30.7 Å². The molecule has 0 fully saturated rings. The number of ether oxygens (including phenoxy) is 2. The quantitative estimate of drug-likeness (QED) is 0.474. The fourth-order valence-electron chi connectivity index (χ4n) is 2.16. The van der Waals surface area contributed by atoms with E-state index in [1.165, 1.54) is 7.11 Å². The van der Waals surface area contributed by atoms with Crippen molar-refractivity contribution < 1.29 is 23.9 Å². The summed E-state index contributed by atoms with van der Waals surface area (Å²) >= 11 is 0. The number of methoxy groups -OCH3 is 1. The molecule has 0 radical (unpaired) electrons. The molecule has 0 aliphatic rings. The number of hydrogen-bond donors (Lipinski definition) is 1. The molecule has 2 aromatic carbocycles. The lowest BCUT2D eigenvalue weighted by atomic mass is 10.1. The normalized spacial score (nSPS) is 10.0. The molecule has 0 aromatic heterocycles. The number of carbonyl (C=O) groups is 3. The predicted molar refractivity (Wildman–Crippen MR) is 92.5 cm³/mol. The first-order valence-electron chi connectivity index (χ1n) is 7.77. The van der Waals surface area contributed by atoms with Crippen molar-refractivity contribution in [3.8, 4) is 0 Å². The summed E-state index contributed by atoms with van der Waals surface area (Å²) in [5, 5.41) is 3.20. The molecule has 0 aliphatic carbocycles. The van der Waals surface area contributed by atoms with Crippen LogP contribution in [0.25, 0.3) is 0 Å². The number of Topliss-reactive ketones (excluding diaryl/α,β-unsaturated/α-hetero) is 1. The smallest absolute Gasteiger partial charge is 0.379 e. The van der Waals surface area contributed by atoms with Gasteiger partial charge >= 0.3 is 11.9 Å². The molecule has 0 saturated heterocycles. The Labute approximate surface area is 145 Å². The molecule has 0 saturated carbocycles. The summed E-state index contributed by atoms with van der Waals surface area (Å²) in [4.78, 5) is 34.6. The second kappa shape index (κ2) is 8.63. The van der Waals surface area contributed by atoms with Crippen molar-refractivity contribution in [2.75, 3.05) is 19.0 Å². The van der Waals surface area contributed by atoms with E-state index in [1.54, 1.807) is 49.4 Å². The Morgan fingerprint density at radius 1 is 1.00 bits per heavy atom. The summed E-state index contributed by atoms with van der Waals surface area (Å²) in [7, 11) is 1.17. The minimum atomic E-state index is -0.887. The van der Waals surface area contributed by atoms with Gasteiger partial charge in [0.15, 0.2) is 0 Å². The van der Waals surface area contributed by atoms with Crippen LogP contribution in [0.15, 0.2) is 48.5 Å². The predicted octanol–water partition coefficient (Wildman–Crippen LogP) is 2.83. The summed E-state index contributed by atoms with van der Waals surface area (Å²) in [5.74, 6) is -1.93. The van der Waals surface area contributed by atoms with E-state index in [4.69, 9.17) is 4.74 Å². The Morgan fingerprint density at radius 2 is 1.72 bits per heavy atom. The van der Waals surface area contributed by atoms with Crippen molar-refractivity contribution in [2.24, 2.45) is 0 Å². The maximum atomic E-state index is 11.7. The lowest BCUT2D eigenvalue weighted by Gasteiger charge is -2.09. The molecule has 130 valence electrons. The van der Waals surface area contributed by atoms with E-state index >= 15 is 0 Å². The zero-order chi connectivity index (χ0) is 18.2. The van der Waals surface area contributed by atoms with Crippen LogP contribution in [0.1, 0.15) is 33.2 Å². The van der Waals surface area contributed by atoms with E-state index in [-0.39, 0.29) is 11.5 Å². The first-order chi connectivity index (χ1) is 12.0. The highest BCUT2D eigenvalue weighted by Crippen LogP contribution is 2.14. The zero-order valence-corrected chi connectivity index (χ0v) is 14.1. The molecule has 2 aromatic rings. The standard InChI is InChI=1S/C19H19NO5/c1-3-25-18(22)15-5-4-6-16(11-15)20-12-13-7-9-14(10-8-13)17(21)19(23)24-2/h4-11,20H,3,12H2,1-2H3. The maximum absolute atomic E-state index is 11.7. The summed E-state index contributed by atoms with van der Waals surface area (Å²) in [5.41, 5.74) is 2.45. The number of nitrogens with one attached hydrogen (secondary N) is 1. The number of ketones is 1. The Kier molecular flexibility index (Phi) is 6.28. The van der Waals surface area contributed by atoms with Crippen molar-refractivity contribution in [3.63, 3.8) is 0 Å². The van der Waals surface area contributed by atoms with Gasteiger partial charge in [-0.1, -0.05) is 30.3 Å². The van der Waals surface area contributed by atoms with E-state index in [9.17, 15) is 14.4 Å². The van der Waals surface area contributed by atoms with Crippen LogP contribution in [0.4, 0.5) is 5.69 Å². The van der Waals surface area contributed by atoms with Gasteiger partial charge in [0.05, 0.1) is 19.3 Å². The van der Waals surface area contributed by atoms with Crippen molar-refractivity contribution in [1.29, 1.82) is 0 Å². The van der Waals surface area contributed by atoms with Crippen LogP contribution < -0.4 is 5.32 Å². The largest absolute Gasteiger partial charge is 0.463 e. The van der Waals surface area contributed by atoms with Gasteiger partial charge in [0, 0.05) is 17.8 Å². The van der Waals surface area contributed by atoms with E-state index in [0.717, 1.165) is 11.3 Å². The molecule has 0 bridgehead atoms. The van der Waals surface area contributed by atoms with Crippen LogP contribution in [0, 0.1) is 0 Å². The van der Waals surface area contributed by atoms with Crippen molar-refractivity contribution >= 4 is 23.4 Å². The SMILES string of the molecule is CCOC(=O)c1cccc(NCc2ccc(C(=O)C(=O)OC)cc2)c1. The number of hydrogen-bond acceptors (Lipinski definition) is 6. The molecule has 1 N–H and O–H groups in total. The van der Waals surface area contributed by atoms with Crippen molar-refractivity contribution in [3.05, 3.63) is 65.2 Å². The van der Waals surface area contributed by atoms with Gasteiger partial charge in [-0.3, -0.25) is 4.79 Å². The fourth-order valence-corrected chi connectivity index (χ4v) is 2.16. The summed E-state index contributed by atoms with van der Waals surface area (Å²) in [6, 6.07) is 13.7. The van der Waals surface area contributed by atoms with Crippen LogP contribution in [0.3, 0.4) is 0 Å². The third kappa shape index (κ3) is 4.91. The first kappa shape index (κ1) is 18.2. The van der Waals surface area contributed by atoms with Gasteiger partial charge in [0.25, 0.3) is 5.78 Å². The molecule has 6 heteroatoms.